The van der Waals surface area contributed by atoms with Gasteiger partial charge in [0.1, 0.15) is 0 Å². The lowest BCUT2D eigenvalue weighted by Crippen LogP contribution is -2.57. The molecule has 0 aromatic carbocycles. The van der Waals surface area contributed by atoms with Crippen LogP contribution in [-0.2, 0) is 13.6 Å². The van der Waals surface area contributed by atoms with Gasteiger partial charge in [0, 0.05) is 0 Å². The van der Waals surface area contributed by atoms with E-state index in [1.54, 1.807) is 0 Å². The molecule has 0 amide bonds. The fraction of sp³-hybridized carbons (Fsp3) is 1.00. The van der Waals surface area contributed by atoms with Gasteiger partial charge in [-0.3, -0.25) is 4.57 Å². The summed E-state index contributed by atoms with van der Waals surface area (Å²) in [5.41, 5.74) is 0. The van der Waals surface area contributed by atoms with Crippen molar-refractivity contribution in [3.05, 3.63) is 0 Å². The molecule has 0 unspecified atom stereocenters. The lowest BCUT2D eigenvalue weighted by atomic mass is 9.98. The van der Waals surface area contributed by atoms with Crippen LogP contribution < -0.4 is 0 Å². The lowest BCUT2D eigenvalue weighted by molar-refractivity contribution is 0.122. The number of rotatable bonds is 6. The smallest absolute Gasteiger partial charge is 0.306 e. The Bertz CT molecular complexity index is 316. The van der Waals surface area contributed by atoms with Gasteiger partial charge in [-0.25, -0.2) is 0 Å². The Morgan fingerprint density at radius 1 is 1.00 bits per heavy atom. The Labute approximate surface area is 113 Å². The van der Waals surface area contributed by atoms with Gasteiger partial charge in [-0.2, -0.15) is 0 Å². The summed E-state index contributed by atoms with van der Waals surface area (Å²) in [4.78, 5) is 0. The first-order chi connectivity index (χ1) is 8.04. The molecule has 1 aliphatic carbocycles. The highest BCUT2D eigenvalue weighted by atomic mass is 31.2. The third kappa shape index (κ3) is 2.92. The highest BCUT2D eigenvalue weighted by Gasteiger charge is 2.62. The summed E-state index contributed by atoms with van der Waals surface area (Å²) in [5, 5.41) is 0. The predicted molar refractivity (Wildman–Crippen MR) is 80.0 cm³/mol. The van der Waals surface area contributed by atoms with Gasteiger partial charge >= 0.3 is 7.60 Å². The molecule has 0 N–H and O–H groups in total. The van der Waals surface area contributed by atoms with Gasteiger partial charge in [0.2, 0.25) is 0 Å². The Hall–Kier alpha value is 0.367. The molecule has 5 heteroatoms. The van der Waals surface area contributed by atoms with Crippen LogP contribution in [0.3, 0.4) is 0 Å². The van der Waals surface area contributed by atoms with Gasteiger partial charge in [0.05, 0.1) is 25.1 Å². The van der Waals surface area contributed by atoms with Gasteiger partial charge in [0.15, 0.2) is 0 Å². The molecule has 0 spiro atoms. The van der Waals surface area contributed by atoms with E-state index in [0.29, 0.717) is 0 Å². The van der Waals surface area contributed by atoms with Crippen LogP contribution in [0.5, 0.6) is 0 Å². The zero-order chi connectivity index (χ0) is 14.2. The molecular formula is C13H29O3PSi. The van der Waals surface area contributed by atoms with E-state index in [9.17, 15) is 4.57 Å². The second-order valence-electron chi connectivity index (χ2n) is 6.94. The molecule has 3 nitrogen and oxygen atoms in total. The SMILES string of the molecule is CC(C)OP(=O)(OC(C)C)C1([Si](C)(C)C)CCC1. The molecule has 18 heavy (non-hydrogen) atoms. The molecule has 0 heterocycles. The van der Waals surface area contributed by atoms with Gasteiger partial charge in [-0.05, 0) is 40.5 Å². The average molecular weight is 292 g/mol. The van der Waals surface area contributed by atoms with Crippen LogP contribution in [0.2, 0.25) is 19.6 Å². The van der Waals surface area contributed by atoms with Gasteiger partial charge in [-0.15, -0.1) is 0 Å². The molecule has 1 fully saturated rings. The van der Waals surface area contributed by atoms with Crippen molar-refractivity contribution in [3.63, 3.8) is 0 Å². The molecule has 108 valence electrons. The molecule has 1 saturated carbocycles. The standard InChI is InChI=1S/C13H29O3PSi/c1-11(2)15-17(14,16-12(3)4)13(9-8-10-13)18(5,6)7/h11-12H,8-10H2,1-7H3. The Morgan fingerprint density at radius 3 is 1.56 bits per heavy atom. The zero-order valence-electron chi connectivity index (χ0n) is 12.9. The van der Waals surface area contributed by atoms with E-state index >= 15 is 0 Å². The third-order valence-electron chi connectivity index (χ3n) is 3.80. The van der Waals surface area contributed by atoms with Gasteiger partial charge < -0.3 is 9.05 Å². The maximum Gasteiger partial charge on any atom is 0.334 e. The quantitative estimate of drug-likeness (QED) is 0.519. The van der Waals surface area contributed by atoms with E-state index in [1.807, 2.05) is 27.7 Å². The van der Waals surface area contributed by atoms with Crippen molar-refractivity contribution in [2.45, 2.75) is 83.6 Å². The van der Waals surface area contributed by atoms with Crippen molar-refractivity contribution in [3.8, 4) is 0 Å². The van der Waals surface area contributed by atoms with Crippen molar-refractivity contribution < 1.29 is 13.6 Å². The highest BCUT2D eigenvalue weighted by Crippen LogP contribution is 2.71. The van der Waals surface area contributed by atoms with E-state index in [-0.39, 0.29) is 17.0 Å². The van der Waals surface area contributed by atoms with E-state index in [0.717, 1.165) is 19.3 Å². The maximum absolute atomic E-state index is 13.4. The minimum absolute atomic E-state index is 0.0524. The highest BCUT2D eigenvalue weighted by molar-refractivity contribution is 7.59. The lowest BCUT2D eigenvalue weighted by Gasteiger charge is -2.53. The summed E-state index contributed by atoms with van der Waals surface area (Å²) < 4.78 is 24.9. The predicted octanol–water partition coefficient (Wildman–Crippen LogP) is 4.83. The van der Waals surface area contributed by atoms with E-state index in [1.165, 1.54) is 0 Å². The Balaban J connectivity index is 3.12. The molecule has 0 aliphatic heterocycles. The average Bonchev–Trinajstić information content (AvgIpc) is 1.91. The summed E-state index contributed by atoms with van der Waals surface area (Å²) in [6.45, 7) is 14.6. The first kappa shape index (κ1) is 16.4. The zero-order valence-corrected chi connectivity index (χ0v) is 14.8. The third-order valence-corrected chi connectivity index (χ3v) is 12.8. The van der Waals surface area contributed by atoms with E-state index in [4.69, 9.17) is 9.05 Å². The fourth-order valence-electron chi connectivity index (χ4n) is 2.73. The van der Waals surface area contributed by atoms with Crippen LogP contribution in [0, 0.1) is 0 Å². The number of hydrogen-bond donors (Lipinski definition) is 0. The molecule has 1 aliphatic rings. The van der Waals surface area contributed by atoms with Crippen LogP contribution in [0.15, 0.2) is 0 Å². The molecule has 0 radical (unpaired) electrons. The van der Waals surface area contributed by atoms with Crippen LogP contribution in [0.1, 0.15) is 47.0 Å². The van der Waals surface area contributed by atoms with Crippen LogP contribution in [0.25, 0.3) is 0 Å². The minimum Gasteiger partial charge on any atom is -0.306 e. The summed E-state index contributed by atoms with van der Waals surface area (Å²) in [6, 6.07) is 0. The monoisotopic (exact) mass is 292 g/mol. The van der Waals surface area contributed by atoms with E-state index in [2.05, 4.69) is 19.6 Å². The van der Waals surface area contributed by atoms with Gasteiger partial charge in [-0.1, -0.05) is 26.1 Å². The summed E-state index contributed by atoms with van der Waals surface area (Å²) in [5.74, 6) is 0. The van der Waals surface area contributed by atoms with Crippen molar-refractivity contribution in [2.75, 3.05) is 0 Å². The second kappa shape index (κ2) is 5.39. The molecule has 0 saturated heterocycles. The molecule has 0 bridgehead atoms. The van der Waals surface area contributed by atoms with Crippen LogP contribution in [-0.4, -0.2) is 25.1 Å². The molecule has 0 aromatic heterocycles. The maximum atomic E-state index is 13.4. The summed E-state index contributed by atoms with van der Waals surface area (Å²) in [7, 11) is -4.63. The van der Waals surface area contributed by atoms with Crippen molar-refractivity contribution >= 4 is 15.7 Å². The number of hydrogen-bond acceptors (Lipinski definition) is 3. The molecular weight excluding hydrogens is 263 g/mol. The minimum atomic E-state index is -3.03. The summed E-state index contributed by atoms with van der Waals surface area (Å²) in [6.07, 6.45) is 3.04. The first-order valence-corrected chi connectivity index (χ1v) is 12.1. The molecule has 1 rings (SSSR count). The van der Waals surface area contributed by atoms with E-state index < -0.39 is 15.7 Å². The largest absolute Gasteiger partial charge is 0.334 e. The Kier molecular flexibility index (Phi) is 4.92. The molecule has 0 aromatic rings. The van der Waals surface area contributed by atoms with Crippen LogP contribution >= 0.6 is 7.60 Å². The molecule has 0 atom stereocenters. The fourth-order valence-corrected chi connectivity index (χ4v) is 10.6. The van der Waals surface area contributed by atoms with Crippen molar-refractivity contribution in [2.24, 2.45) is 0 Å². The van der Waals surface area contributed by atoms with Crippen molar-refractivity contribution in [1.29, 1.82) is 0 Å². The summed E-state index contributed by atoms with van der Waals surface area (Å²) >= 11 is 0. The van der Waals surface area contributed by atoms with Crippen LogP contribution in [0.4, 0.5) is 0 Å². The normalized spacial score (nSPS) is 20.3. The first-order valence-electron chi connectivity index (χ1n) is 7.01. The Morgan fingerprint density at radius 2 is 1.39 bits per heavy atom. The topological polar surface area (TPSA) is 35.5 Å². The van der Waals surface area contributed by atoms with Gasteiger partial charge in [0.25, 0.3) is 0 Å². The van der Waals surface area contributed by atoms with Crippen molar-refractivity contribution in [1.82, 2.24) is 0 Å². The second-order valence-corrected chi connectivity index (χ2v) is 15.1.